The van der Waals surface area contributed by atoms with Gasteiger partial charge in [0, 0.05) is 4.88 Å². The molecular weight excluding hydrogens is 442 g/mol. The fourth-order valence-electron chi connectivity index (χ4n) is 4.34. The first-order chi connectivity index (χ1) is 16.0. The molecule has 0 bridgehead atoms. The Kier molecular flexibility index (Phi) is 7.08. The number of ether oxygens (including phenoxy) is 1. The summed E-state index contributed by atoms with van der Waals surface area (Å²) < 4.78 is 4.96. The molecule has 2 aromatic rings. The minimum atomic E-state index is -0.658. The van der Waals surface area contributed by atoms with Gasteiger partial charge in [-0.15, -0.1) is 11.3 Å². The molecule has 2 heterocycles. The van der Waals surface area contributed by atoms with Crippen molar-refractivity contribution in [3.63, 3.8) is 0 Å². The van der Waals surface area contributed by atoms with Crippen LogP contribution >= 0.6 is 11.3 Å². The Balaban J connectivity index is 1.42. The van der Waals surface area contributed by atoms with Crippen molar-refractivity contribution in [2.24, 2.45) is 0 Å². The number of thiophene rings is 1. The van der Waals surface area contributed by atoms with Gasteiger partial charge in [-0.05, 0) is 49.7 Å². The van der Waals surface area contributed by atoms with Crippen molar-refractivity contribution in [1.29, 1.82) is 0 Å². The largest absolute Gasteiger partial charge is 0.465 e. The molecule has 1 fully saturated rings. The smallest absolute Gasteiger partial charge is 0.341 e. The molecule has 1 aliphatic heterocycles. The van der Waals surface area contributed by atoms with Gasteiger partial charge >= 0.3 is 12.0 Å². The number of methoxy groups -OCH3 is 1. The molecular formula is C24H27N3O5S. The fourth-order valence-corrected chi connectivity index (χ4v) is 5.63. The van der Waals surface area contributed by atoms with Gasteiger partial charge in [-0.1, -0.05) is 36.8 Å². The molecule has 8 nitrogen and oxygen atoms in total. The Bertz CT molecular complexity index is 1070. The molecule has 174 valence electrons. The molecule has 9 heteroatoms. The standard InChI is InChI=1S/C24H27N3O5S/c1-32-23(30)20-16-10-6-3-7-11-18(16)33-21(20)26-19(28)14-27-22(29)17(25-24(27)31)13-12-15-8-4-2-5-9-15/h2,4-5,8-9,17H,3,6-7,10-14H2,1H3,(H,25,31)(H,26,28)/t17-/m1/s1. The summed E-state index contributed by atoms with van der Waals surface area (Å²) in [6.07, 6.45) is 5.83. The molecule has 1 aromatic heterocycles. The molecule has 1 aliphatic carbocycles. The van der Waals surface area contributed by atoms with Gasteiger partial charge in [-0.25, -0.2) is 9.59 Å². The minimum absolute atomic E-state index is 0.394. The van der Waals surface area contributed by atoms with Crippen LogP contribution in [0.1, 0.15) is 52.0 Å². The lowest BCUT2D eigenvalue weighted by Gasteiger charge is -2.13. The second kappa shape index (κ2) is 10.2. The van der Waals surface area contributed by atoms with E-state index in [1.807, 2.05) is 30.3 Å². The van der Waals surface area contributed by atoms with E-state index in [9.17, 15) is 19.2 Å². The summed E-state index contributed by atoms with van der Waals surface area (Å²) in [6.45, 7) is -0.407. The second-order valence-electron chi connectivity index (χ2n) is 8.26. The third kappa shape index (κ3) is 5.08. The predicted octanol–water partition coefficient (Wildman–Crippen LogP) is 3.30. The van der Waals surface area contributed by atoms with Crippen LogP contribution in [-0.2, 0) is 33.6 Å². The monoisotopic (exact) mass is 469 g/mol. The number of hydrogen-bond donors (Lipinski definition) is 2. The molecule has 0 unspecified atom stereocenters. The average Bonchev–Trinajstić information content (AvgIpc) is 3.17. The molecule has 0 saturated carbocycles. The molecule has 0 radical (unpaired) electrons. The number of carbonyl (C=O) groups is 4. The van der Waals surface area contributed by atoms with E-state index < -0.39 is 36.4 Å². The molecule has 33 heavy (non-hydrogen) atoms. The highest BCUT2D eigenvalue weighted by atomic mass is 32.1. The first kappa shape index (κ1) is 23.0. The topological polar surface area (TPSA) is 105 Å². The van der Waals surface area contributed by atoms with Crippen molar-refractivity contribution in [3.8, 4) is 0 Å². The van der Waals surface area contributed by atoms with E-state index >= 15 is 0 Å². The number of imide groups is 1. The molecule has 2 aliphatic rings. The molecule has 0 spiro atoms. The van der Waals surface area contributed by atoms with E-state index in [1.54, 1.807) is 0 Å². The van der Waals surface area contributed by atoms with Crippen LogP contribution in [0.5, 0.6) is 0 Å². The minimum Gasteiger partial charge on any atom is -0.465 e. The summed E-state index contributed by atoms with van der Waals surface area (Å²) in [6, 6.07) is 8.46. The number of urea groups is 1. The molecule has 2 N–H and O–H groups in total. The Morgan fingerprint density at radius 3 is 2.67 bits per heavy atom. The summed E-state index contributed by atoms with van der Waals surface area (Å²) in [5.74, 6) is -1.43. The molecule has 1 saturated heterocycles. The van der Waals surface area contributed by atoms with Crippen molar-refractivity contribution in [2.75, 3.05) is 19.0 Å². The SMILES string of the molecule is COC(=O)c1c(NC(=O)CN2C(=O)N[C@H](CCc3ccccc3)C2=O)sc2c1CCCCC2. The Labute approximate surface area is 196 Å². The van der Waals surface area contributed by atoms with Crippen molar-refractivity contribution < 1.29 is 23.9 Å². The number of hydrogen-bond acceptors (Lipinski definition) is 6. The highest BCUT2D eigenvalue weighted by Crippen LogP contribution is 2.38. The highest BCUT2D eigenvalue weighted by molar-refractivity contribution is 7.17. The molecule has 4 rings (SSSR count). The van der Waals surface area contributed by atoms with Crippen molar-refractivity contribution in [1.82, 2.24) is 10.2 Å². The zero-order valence-electron chi connectivity index (χ0n) is 18.5. The summed E-state index contributed by atoms with van der Waals surface area (Å²) in [4.78, 5) is 52.3. The normalized spacial score (nSPS) is 17.8. The number of benzene rings is 1. The Morgan fingerprint density at radius 1 is 1.15 bits per heavy atom. The summed E-state index contributed by atoms with van der Waals surface area (Å²) in [5, 5.41) is 5.84. The number of aryl methyl sites for hydroxylation is 2. The first-order valence-corrected chi connectivity index (χ1v) is 12.0. The lowest BCUT2D eigenvalue weighted by molar-refractivity contribution is -0.130. The third-order valence-corrected chi connectivity index (χ3v) is 7.24. The van der Waals surface area contributed by atoms with E-state index in [4.69, 9.17) is 4.74 Å². The van der Waals surface area contributed by atoms with E-state index in [0.29, 0.717) is 23.4 Å². The van der Waals surface area contributed by atoms with Crippen molar-refractivity contribution in [3.05, 3.63) is 51.9 Å². The third-order valence-electron chi connectivity index (χ3n) is 6.04. The quantitative estimate of drug-likeness (QED) is 0.368. The number of nitrogens with one attached hydrogen (secondary N) is 2. The second-order valence-corrected chi connectivity index (χ2v) is 9.36. The number of anilines is 1. The maximum absolute atomic E-state index is 12.8. The van der Waals surface area contributed by atoms with Crippen LogP contribution in [0, 0.1) is 0 Å². The Hall–Kier alpha value is -3.20. The van der Waals surface area contributed by atoms with Crippen LogP contribution in [0.4, 0.5) is 9.80 Å². The van der Waals surface area contributed by atoms with Gasteiger partial charge in [0.25, 0.3) is 5.91 Å². The fraction of sp³-hybridized carbons (Fsp3) is 0.417. The van der Waals surface area contributed by atoms with E-state index in [2.05, 4.69) is 10.6 Å². The molecule has 1 atom stereocenters. The van der Waals surface area contributed by atoms with E-state index in [1.165, 1.54) is 18.4 Å². The zero-order chi connectivity index (χ0) is 23.4. The van der Waals surface area contributed by atoms with Crippen molar-refractivity contribution in [2.45, 2.75) is 51.0 Å². The van der Waals surface area contributed by atoms with Crippen LogP contribution in [0.2, 0.25) is 0 Å². The van der Waals surface area contributed by atoms with Gasteiger partial charge in [0.2, 0.25) is 5.91 Å². The molecule has 1 aromatic carbocycles. The van der Waals surface area contributed by atoms with Crippen LogP contribution in [0.25, 0.3) is 0 Å². The van der Waals surface area contributed by atoms with Gasteiger partial charge in [0.15, 0.2) is 0 Å². The molecule has 4 amide bonds. The summed E-state index contributed by atoms with van der Waals surface area (Å²) in [7, 11) is 1.32. The Morgan fingerprint density at radius 2 is 1.91 bits per heavy atom. The van der Waals surface area contributed by atoms with Gasteiger partial charge in [-0.2, -0.15) is 0 Å². The van der Waals surface area contributed by atoms with Gasteiger partial charge < -0.3 is 15.4 Å². The summed E-state index contributed by atoms with van der Waals surface area (Å²) in [5.41, 5.74) is 2.41. The van der Waals surface area contributed by atoms with Gasteiger partial charge in [0.05, 0.1) is 12.7 Å². The van der Waals surface area contributed by atoms with E-state index in [0.717, 1.165) is 53.0 Å². The van der Waals surface area contributed by atoms with Crippen LogP contribution in [-0.4, -0.2) is 48.4 Å². The number of rotatable bonds is 7. The van der Waals surface area contributed by atoms with Gasteiger partial charge in [0.1, 0.15) is 17.6 Å². The maximum atomic E-state index is 12.8. The highest BCUT2D eigenvalue weighted by Gasteiger charge is 2.39. The number of nitrogens with zero attached hydrogens (tertiary/aromatic N) is 1. The van der Waals surface area contributed by atoms with Gasteiger partial charge in [-0.3, -0.25) is 14.5 Å². The van der Waals surface area contributed by atoms with Crippen LogP contribution in [0.3, 0.4) is 0 Å². The summed E-state index contributed by atoms with van der Waals surface area (Å²) >= 11 is 1.38. The lowest BCUT2D eigenvalue weighted by Crippen LogP contribution is -2.38. The number of esters is 1. The maximum Gasteiger partial charge on any atom is 0.341 e. The zero-order valence-corrected chi connectivity index (χ0v) is 19.3. The number of carbonyl (C=O) groups excluding carboxylic acids is 4. The van der Waals surface area contributed by atoms with Crippen molar-refractivity contribution >= 4 is 40.2 Å². The van der Waals surface area contributed by atoms with Crippen LogP contribution in [0.15, 0.2) is 30.3 Å². The number of amides is 4. The average molecular weight is 470 g/mol. The number of fused-ring (bicyclic) bond motifs is 1. The predicted molar refractivity (Wildman–Crippen MR) is 124 cm³/mol. The van der Waals surface area contributed by atoms with Crippen LogP contribution < -0.4 is 10.6 Å². The first-order valence-electron chi connectivity index (χ1n) is 11.2. The van der Waals surface area contributed by atoms with E-state index in [-0.39, 0.29) is 0 Å². The lowest BCUT2D eigenvalue weighted by atomic mass is 10.1.